The summed E-state index contributed by atoms with van der Waals surface area (Å²) < 4.78 is 0. The molecule has 2 aromatic rings. The second kappa shape index (κ2) is 11.1. The number of thiocarbonyl (C=S) groups is 2. The number of hydrogen-bond acceptors (Lipinski definition) is 5. The molecule has 29 heavy (non-hydrogen) atoms. The zero-order valence-corrected chi connectivity index (χ0v) is 18.5. The summed E-state index contributed by atoms with van der Waals surface area (Å²) in [6.45, 7) is 0. The fourth-order valence-electron chi connectivity index (χ4n) is 2.35. The Kier molecular flexibility index (Phi) is 8.50. The molecule has 4 N–H and O–H groups in total. The molecule has 0 spiro atoms. The fourth-order valence-corrected chi connectivity index (χ4v) is 2.44. The van der Waals surface area contributed by atoms with Crippen molar-refractivity contribution in [3.8, 4) is 0 Å². The van der Waals surface area contributed by atoms with Crippen LogP contribution >= 0.6 is 24.4 Å². The zero-order valence-electron chi connectivity index (χ0n) is 16.9. The molecule has 0 fully saturated rings. The van der Waals surface area contributed by atoms with Gasteiger partial charge in [-0.05, 0) is 36.6 Å². The lowest BCUT2D eigenvalue weighted by Crippen LogP contribution is -2.33. The van der Waals surface area contributed by atoms with Crippen LogP contribution in [-0.2, 0) is 0 Å². The maximum atomic E-state index is 5.18. The molecular formula is C20H25N7S2. The summed E-state index contributed by atoms with van der Waals surface area (Å²) in [6, 6.07) is 17.8. The van der Waals surface area contributed by atoms with Crippen molar-refractivity contribution in [2.75, 3.05) is 33.1 Å². The maximum Gasteiger partial charge on any atom is 0.186 e. The van der Waals surface area contributed by atoms with Crippen molar-refractivity contribution in [1.29, 1.82) is 0 Å². The standard InChI is InChI=1S/C20H25N7S2/c1-21-19(28)25-23-17(14-8-6-5-7-9-14)18(24-26-20(29)22-2)15-10-12-16(13-11-15)27(3)4/h5-13H,1-4H3,(H2,21,25,28)(H2,22,26,29)/b23-17+,24-18+. The molecule has 0 radical (unpaired) electrons. The zero-order chi connectivity index (χ0) is 21.2. The Bertz CT molecular complexity index is 891. The Morgan fingerprint density at radius 3 is 1.59 bits per heavy atom. The highest BCUT2D eigenvalue weighted by atomic mass is 32.1. The van der Waals surface area contributed by atoms with Gasteiger partial charge in [0.2, 0.25) is 0 Å². The quantitative estimate of drug-likeness (QED) is 0.319. The van der Waals surface area contributed by atoms with Crippen molar-refractivity contribution in [3.05, 3.63) is 65.7 Å². The van der Waals surface area contributed by atoms with E-state index in [1.165, 1.54) is 0 Å². The summed E-state index contributed by atoms with van der Waals surface area (Å²) in [5, 5.41) is 15.6. The number of hydrogen-bond donors (Lipinski definition) is 4. The minimum atomic E-state index is 0.401. The third-order valence-electron chi connectivity index (χ3n) is 3.92. The molecule has 0 heterocycles. The molecule has 0 bridgehead atoms. The van der Waals surface area contributed by atoms with E-state index in [1.807, 2.05) is 73.6 Å². The van der Waals surface area contributed by atoms with Crippen LogP contribution in [0, 0.1) is 0 Å². The normalized spacial score (nSPS) is 11.4. The summed E-state index contributed by atoms with van der Waals surface area (Å²) in [7, 11) is 7.46. The van der Waals surface area contributed by atoms with Gasteiger partial charge in [0.15, 0.2) is 10.2 Å². The minimum Gasteiger partial charge on any atom is -0.378 e. The van der Waals surface area contributed by atoms with E-state index in [2.05, 4.69) is 31.7 Å². The van der Waals surface area contributed by atoms with E-state index in [0.717, 1.165) is 16.8 Å². The van der Waals surface area contributed by atoms with E-state index < -0.39 is 0 Å². The van der Waals surface area contributed by atoms with E-state index in [0.29, 0.717) is 21.6 Å². The van der Waals surface area contributed by atoms with Gasteiger partial charge in [-0.3, -0.25) is 10.9 Å². The first-order valence-corrected chi connectivity index (χ1v) is 9.72. The summed E-state index contributed by atoms with van der Waals surface area (Å²) in [5.74, 6) is 0. The van der Waals surface area contributed by atoms with Crippen LogP contribution in [0.1, 0.15) is 11.1 Å². The predicted octanol–water partition coefficient (Wildman–Crippen LogP) is 2.05. The van der Waals surface area contributed by atoms with E-state index in [1.54, 1.807) is 14.1 Å². The van der Waals surface area contributed by atoms with Gasteiger partial charge in [-0.25, -0.2) is 0 Å². The lowest BCUT2D eigenvalue weighted by molar-refractivity contribution is 0.967. The monoisotopic (exact) mass is 427 g/mol. The first-order valence-electron chi connectivity index (χ1n) is 8.90. The average molecular weight is 428 g/mol. The molecular weight excluding hydrogens is 402 g/mol. The maximum absolute atomic E-state index is 5.18. The number of anilines is 1. The van der Waals surface area contributed by atoms with Gasteiger partial charge >= 0.3 is 0 Å². The number of hydrazone groups is 2. The van der Waals surface area contributed by atoms with Crippen LogP contribution in [0.2, 0.25) is 0 Å². The highest BCUT2D eigenvalue weighted by Gasteiger charge is 2.16. The molecule has 0 aromatic heterocycles. The second-order valence-electron chi connectivity index (χ2n) is 6.11. The summed E-state index contributed by atoms with van der Waals surface area (Å²) in [6.07, 6.45) is 0. The molecule has 2 aromatic carbocycles. The molecule has 0 atom stereocenters. The Morgan fingerprint density at radius 2 is 1.17 bits per heavy atom. The van der Waals surface area contributed by atoms with E-state index >= 15 is 0 Å². The fraction of sp³-hybridized carbons (Fsp3) is 0.200. The first-order chi connectivity index (χ1) is 14.0. The molecule has 0 unspecified atom stereocenters. The Labute approximate surface area is 182 Å². The summed E-state index contributed by atoms with van der Waals surface area (Å²) in [5.41, 5.74) is 9.79. The van der Waals surface area contributed by atoms with Crippen LogP contribution in [0.5, 0.6) is 0 Å². The molecule has 2 rings (SSSR count). The van der Waals surface area contributed by atoms with Crippen molar-refractivity contribution < 1.29 is 0 Å². The predicted molar refractivity (Wildman–Crippen MR) is 130 cm³/mol. The number of benzene rings is 2. The topological polar surface area (TPSA) is 76.1 Å². The van der Waals surface area contributed by atoms with Crippen molar-refractivity contribution in [1.82, 2.24) is 21.5 Å². The molecule has 0 saturated carbocycles. The molecule has 0 aliphatic rings. The van der Waals surface area contributed by atoms with E-state index in [-0.39, 0.29) is 0 Å². The lowest BCUT2D eigenvalue weighted by Gasteiger charge is -2.15. The lowest BCUT2D eigenvalue weighted by atomic mass is 9.99. The van der Waals surface area contributed by atoms with Crippen LogP contribution in [0.3, 0.4) is 0 Å². The Morgan fingerprint density at radius 1 is 0.724 bits per heavy atom. The molecule has 152 valence electrons. The van der Waals surface area contributed by atoms with E-state index in [9.17, 15) is 0 Å². The van der Waals surface area contributed by atoms with Gasteiger partial charge in [0, 0.05) is 45.0 Å². The van der Waals surface area contributed by atoms with Gasteiger partial charge in [-0.2, -0.15) is 10.2 Å². The minimum absolute atomic E-state index is 0.401. The van der Waals surface area contributed by atoms with Gasteiger partial charge in [-0.15, -0.1) is 0 Å². The van der Waals surface area contributed by atoms with Crippen molar-refractivity contribution in [2.24, 2.45) is 10.2 Å². The number of nitrogens with zero attached hydrogens (tertiary/aromatic N) is 3. The van der Waals surface area contributed by atoms with Crippen molar-refractivity contribution in [2.45, 2.75) is 0 Å². The first kappa shape index (κ1) is 22.3. The Balaban J connectivity index is 2.57. The highest BCUT2D eigenvalue weighted by Crippen LogP contribution is 2.15. The van der Waals surface area contributed by atoms with Gasteiger partial charge in [0.1, 0.15) is 11.4 Å². The molecule has 9 heteroatoms. The summed E-state index contributed by atoms with van der Waals surface area (Å²) >= 11 is 10.4. The number of rotatable bonds is 6. The van der Waals surface area contributed by atoms with Crippen LogP contribution in [0.4, 0.5) is 5.69 Å². The van der Waals surface area contributed by atoms with E-state index in [4.69, 9.17) is 24.4 Å². The molecule has 0 amide bonds. The molecule has 7 nitrogen and oxygen atoms in total. The van der Waals surface area contributed by atoms with Gasteiger partial charge < -0.3 is 15.5 Å². The largest absolute Gasteiger partial charge is 0.378 e. The average Bonchev–Trinajstić information content (AvgIpc) is 2.76. The van der Waals surface area contributed by atoms with Crippen LogP contribution in [0.25, 0.3) is 0 Å². The SMILES string of the molecule is CNC(=S)N/N=C(/C(=N/NC(=S)NC)c1ccc(N(C)C)cc1)c1ccccc1. The van der Waals surface area contributed by atoms with Crippen LogP contribution in [-0.4, -0.2) is 49.8 Å². The number of nitrogens with one attached hydrogen (secondary N) is 4. The second-order valence-corrected chi connectivity index (χ2v) is 6.93. The molecule has 0 aliphatic carbocycles. The van der Waals surface area contributed by atoms with Crippen LogP contribution in [0.15, 0.2) is 64.8 Å². The van der Waals surface area contributed by atoms with Crippen molar-refractivity contribution >= 4 is 51.8 Å². The van der Waals surface area contributed by atoms with Gasteiger partial charge in [0.25, 0.3) is 0 Å². The highest BCUT2D eigenvalue weighted by molar-refractivity contribution is 7.80. The third-order valence-corrected chi connectivity index (χ3v) is 4.51. The smallest absolute Gasteiger partial charge is 0.186 e. The summed E-state index contributed by atoms with van der Waals surface area (Å²) in [4.78, 5) is 2.04. The third kappa shape index (κ3) is 6.51. The Hall–Kier alpha value is -3.04. The van der Waals surface area contributed by atoms with Crippen LogP contribution < -0.4 is 26.4 Å². The molecule has 0 saturated heterocycles. The molecule has 0 aliphatic heterocycles. The van der Waals surface area contributed by atoms with Gasteiger partial charge in [-0.1, -0.05) is 42.5 Å². The van der Waals surface area contributed by atoms with Gasteiger partial charge in [0.05, 0.1) is 0 Å². The van der Waals surface area contributed by atoms with Crippen molar-refractivity contribution in [3.63, 3.8) is 0 Å².